The van der Waals surface area contributed by atoms with E-state index in [0.717, 1.165) is 76.4 Å². The summed E-state index contributed by atoms with van der Waals surface area (Å²) in [6.45, 7) is 15.5. The van der Waals surface area contributed by atoms with Gasteiger partial charge in [-0.1, -0.05) is 95.6 Å². The smallest absolute Gasteiger partial charge is 0.306 e. The van der Waals surface area contributed by atoms with Crippen molar-refractivity contribution in [3.63, 3.8) is 0 Å². The van der Waals surface area contributed by atoms with E-state index >= 15 is 0 Å². The first-order valence-corrected chi connectivity index (χ1v) is 27.4. The third-order valence-corrected chi connectivity index (χ3v) is 15.4. The Bertz CT molecular complexity index is 3120. The van der Waals surface area contributed by atoms with Crippen molar-refractivity contribution < 1.29 is 57.0 Å². The van der Waals surface area contributed by atoms with Crippen LogP contribution in [0.5, 0.6) is 34.5 Å². The fraction of sp³-hybridized carbons (Fsp3) is 0.424. The molecule has 1 spiro atoms. The minimum absolute atomic E-state index is 0.0101. The molecule has 2 atom stereocenters. The van der Waals surface area contributed by atoms with Gasteiger partial charge in [0.05, 0.1) is 47.4 Å². The van der Waals surface area contributed by atoms with E-state index in [-0.39, 0.29) is 42.3 Å². The number of hydrogen-bond acceptors (Lipinski definition) is 12. The molecular formula is C66H76O12. The van der Waals surface area contributed by atoms with E-state index in [2.05, 4.69) is 95.3 Å². The third kappa shape index (κ3) is 11.4. The highest BCUT2D eigenvalue weighted by molar-refractivity contribution is 6.11. The maximum absolute atomic E-state index is 12.6. The number of hydrogen-bond donors (Lipinski definition) is 0. The Balaban J connectivity index is 1.11. The lowest BCUT2D eigenvalue weighted by Crippen LogP contribution is -2.44. The molecule has 3 aliphatic rings. The Kier molecular flexibility index (Phi) is 16.8. The lowest BCUT2D eigenvalue weighted by Gasteiger charge is -2.52. The number of fused-ring (bicyclic) bond motifs is 10. The van der Waals surface area contributed by atoms with Gasteiger partial charge in [-0.15, -0.1) is 0 Å². The summed E-state index contributed by atoms with van der Waals surface area (Å²) >= 11 is 0. The molecular weight excluding hydrogens is 985 g/mol. The maximum atomic E-state index is 12.6. The van der Waals surface area contributed by atoms with Gasteiger partial charge in [-0.2, -0.15) is 0 Å². The van der Waals surface area contributed by atoms with E-state index in [9.17, 15) is 9.59 Å². The summed E-state index contributed by atoms with van der Waals surface area (Å²) in [6.07, 6.45) is 8.95. The highest BCUT2D eigenvalue weighted by atomic mass is 16.6. The second-order valence-electron chi connectivity index (χ2n) is 22.5. The SMILES string of the molecule is CCCCOCC(C)OC(=O)CCC(=O)OCCOc1ccc(C2(c3ccc(OCCOC)cc3)C=Cc3c4c(c5cc(-c6ccc(OC)cc6OC)c(OC)cc5c3O2)-c2ccccc2C42CC(C)(C)CC(C)(C)C2)cc1. The molecule has 6 aromatic carbocycles. The Morgan fingerprint density at radius 1 is 0.628 bits per heavy atom. The molecule has 412 valence electrons. The molecule has 0 bridgehead atoms. The van der Waals surface area contributed by atoms with Crippen LogP contribution in [0, 0.1) is 10.8 Å². The molecule has 0 radical (unpaired) electrons. The summed E-state index contributed by atoms with van der Waals surface area (Å²) in [5, 5.41) is 1.97. The van der Waals surface area contributed by atoms with E-state index < -0.39 is 23.6 Å². The van der Waals surface area contributed by atoms with Gasteiger partial charge in [0.25, 0.3) is 0 Å². The number of carbonyl (C=O) groups excluding carboxylic acids is 2. The first kappa shape index (κ1) is 55.7. The topological polar surface area (TPSA) is 126 Å². The van der Waals surface area contributed by atoms with Crippen molar-refractivity contribution in [3.05, 3.63) is 137 Å². The lowest BCUT2D eigenvalue weighted by molar-refractivity contribution is -0.155. The molecule has 2 aliphatic carbocycles. The quantitative estimate of drug-likeness (QED) is 0.0448. The Morgan fingerprint density at radius 2 is 1.26 bits per heavy atom. The average molecular weight is 1060 g/mol. The Labute approximate surface area is 460 Å². The molecule has 9 rings (SSSR count). The monoisotopic (exact) mass is 1060 g/mol. The van der Waals surface area contributed by atoms with E-state index in [1.807, 2.05) is 54.6 Å². The number of esters is 2. The van der Waals surface area contributed by atoms with Gasteiger partial charge in [-0.3, -0.25) is 9.59 Å². The standard InChI is InChI=1S/C66H76O12/c1-11-12-31-73-39-43(2)77-59(68)28-27-58(67)76-35-34-75-47-23-19-45(20-24-47)66(44-17-21-46(22-18-44)74-33-32-69-7)30-29-51-61-60(50-15-13-14-16-55(50)65(61)41-63(3,4)40-64(5,6)42-65)53-37-52(57(72-10)38-54(53)62(51)78-66)49-26-25-48(70-8)36-56(49)71-9/h13-26,29-30,36-38,43H,11-12,27-28,31-35,39-42H2,1-10H3. The van der Waals surface area contributed by atoms with Crippen LogP contribution in [-0.4, -0.2) is 86.1 Å². The van der Waals surface area contributed by atoms with E-state index in [0.29, 0.717) is 55.2 Å². The van der Waals surface area contributed by atoms with E-state index in [1.54, 1.807) is 35.4 Å². The average Bonchev–Trinajstić information content (AvgIpc) is 2.96. The number of rotatable bonds is 23. The molecule has 12 heteroatoms. The maximum Gasteiger partial charge on any atom is 0.306 e. The highest BCUT2D eigenvalue weighted by Crippen LogP contribution is 2.67. The van der Waals surface area contributed by atoms with Gasteiger partial charge < -0.3 is 47.4 Å². The molecule has 6 aromatic rings. The van der Waals surface area contributed by atoms with Crippen LogP contribution in [0.1, 0.15) is 114 Å². The van der Waals surface area contributed by atoms with Crippen LogP contribution in [-0.2, 0) is 39.6 Å². The predicted molar refractivity (Wildman–Crippen MR) is 304 cm³/mol. The second-order valence-corrected chi connectivity index (χ2v) is 22.5. The van der Waals surface area contributed by atoms with Crippen molar-refractivity contribution in [3.8, 4) is 56.8 Å². The zero-order valence-electron chi connectivity index (χ0n) is 47.1. The van der Waals surface area contributed by atoms with Crippen LogP contribution in [0.15, 0.2) is 109 Å². The molecule has 0 amide bonds. The summed E-state index contributed by atoms with van der Waals surface area (Å²) in [4.78, 5) is 25.0. The van der Waals surface area contributed by atoms with Gasteiger partial charge in [0.2, 0.25) is 0 Å². The molecule has 1 heterocycles. The largest absolute Gasteiger partial charge is 0.497 e. The summed E-state index contributed by atoms with van der Waals surface area (Å²) in [5.74, 6) is 3.10. The summed E-state index contributed by atoms with van der Waals surface area (Å²) < 4.78 is 59.8. The first-order chi connectivity index (χ1) is 37.6. The van der Waals surface area contributed by atoms with Gasteiger partial charge in [0, 0.05) is 58.4 Å². The normalized spacial score (nSPS) is 17.5. The zero-order valence-corrected chi connectivity index (χ0v) is 47.1. The molecule has 1 aliphatic heterocycles. The number of benzene rings is 6. The molecule has 1 saturated carbocycles. The molecule has 0 N–H and O–H groups in total. The highest BCUT2D eigenvalue weighted by Gasteiger charge is 2.55. The third-order valence-electron chi connectivity index (χ3n) is 15.4. The van der Waals surface area contributed by atoms with E-state index in [4.69, 9.17) is 47.4 Å². The molecule has 78 heavy (non-hydrogen) atoms. The van der Waals surface area contributed by atoms with Gasteiger partial charge >= 0.3 is 11.9 Å². The molecule has 2 unspecified atom stereocenters. The zero-order chi connectivity index (χ0) is 55.2. The molecule has 12 nitrogen and oxygen atoms in total. The summed E-state index contributed by atoms with van der Waals surface area (Å²) in [7, 11) is 6.70. The fourth-order valence-electron chi connectivity index (χ4n) is 12.8. The minimum Gasteiger partial charge on any atom is -0.497 e. The Hall–Kier alpha value is -7.02. The van der Waals surface area contributed by atoms with Crippen molar-refractivity contribution in [2.75, 3.05) is 68.1 Å². The predicted octanol–water partition coefficient (Wildman–Crippen LogP) is 13.9. The number of unbranched alkanes of at least 4 members (excludes halogenated alkanes) is 1. The molecule has 0 saturated heterocycles. The minimum atomic E-state index is -1.14. The number of methoxy groups -OCH3 is 4. The van der Waals surface area contributed by atoms with Crippen molar-refractivity contribution in [2.45, 2.75) is 104 Å². The first-order valence-electron chi connectivity index (χ1n) is 27.4. The summed E-state index contributed by atoms with van der Waals surface area (Å²) in [5.41, 5.74) is 8.25. The number of ether oxygens (including phenoxy) is 10. The summed E-state index contributed by atoms with van der Waals surface area (Å²) in [6, 6.07) is 35.3. The van der Waals surface area contributed by atoms with Gasteiger partial charge in [-0.05, 0) is 126 Å². The molecule has 0 aromatic heterocycles. The fourth-order valence-corrected chi connectivity index (χ4v) is 12.8. The van der Waals surface area contributed by atoms with Crippen LogP contribution in [0.3, 0.4) is 0 Å². The van der Waals surface area contributed by atoms with Crippen molar-refractivity contribution >= 4 is 28.8 Å². The van der Waals surface area contributed by atoms with Crippen LogP contribution >= 0.6 is 0 Å². The Morgan fingerprint density at radius 3 is 1.90 bits per heavy atom. The van der Waals surface area contributed by atoms with Crippen LogP contribution in [0.25, 0.3) is 39.1 Å². The molecule has 1 fully saturated rings. The van der Waals surface area contributed by atoms with Crippen LogP contribution < -0.4 is 28.4 Å². The second kappa shape index (κ2) is 23.5. The van der Waals surface area contributed by atoms with Crippen LogP contribution in [0.4, 0.5) is 0 Å². The number of carbonyl (C=O) groups is 2. The lowest BCUT2D eigenvalue weighted by atomic mass is 9.52. The van der Waals surface area contributed by atoms with Crippen molar-refractivity contribution in [1.82, 2.24) is 0 Å². The van der Waals surface area contributed by atoms with Gasteiger partial charge in [0.1, 0.15) is 60.4 Å². The van der Waals surface area contributed by atoms with Gasteiger partial charge in [-0.25, -0.2) is 0 Å². The van der Waals surface area contributed by atoms with Crippen molar-refractivity contribution in [1.29, 1.82) is 0 Å². The van der Waals surface area contributed by atoms with Crippen molar-refractivity contribution in [2.24, 2.45) is 10.8 Å². The van der Waals surface area contributed by atoms with Gasteiger partial charge in [0.15, 0.2) is 5.60 Å². The van der Waals surface area contributed by atoms with E-state index in [1.165, 1.54) is 22.3 Å². The van der Waals surface area contributed by atoms with Crippen LogP contribution in [0.2, 0.25) is 0 Å².